The summed E-state index contributed by atoms with van der Waals surface area (Å²) >= 11 is 0. The second kappa shape index (κ2) is 3.46. The van der Waals surface area contributed by atoms with E-state index in [1.54, 1.807) is 0 Å². The summed E-state index contributed by atoms with van der Waals surface area (Å²) in [6, 6.07) is 0. The lowest BCUT2D eigenvalue weighted by molar-refractivity contribution is -0.139. The minimum atomic E-state index is -1.15. The molecule has 66 valence electrons. The van der Waals surface area contributed by atoms with Gasteiger partial charge in [0.15, 0.2) is 6.29 Å². The lowest BCUT2D eigenvalue weighted by atomic mass is 10.1. The van der Waals surface area contributed by atoms with Gasteiger partial charge in [0, 0.05) is 7.11 Å². The molecule has 5 nitrogen and oxygen atoms in total. The summed E-state index contributed by atoms with van der Waals surface area (Å²) in [7, 11) is 1.36. The second-order valence-corrected chi connectivity index (χ2v) is 2.44. The van der Waals surface area contributed by atoms with Crippen LogP contribution in [0.5, 0.6) is 0 Å². The third kappa shape index (κ3) is 1.52. The van der Waals surface area contributed by atoms with Crippen LogP contribution in [0.2, 0.25) is 0 Å². The predicted molar refractivity (Wildman–Crippen MR) is 34.8 cm³/mol. The van der Waals surface area contributed by atoms with Crippen molar-refractivity contribution < 1.29 is 24.8 Å². The van der Waals surface area contributed by atoms with E-state index in [-0.39, 0.29) is 6.61 Å². The van der Waals surface area contributed by atoms with E-state index in [0.29, 0.717) is 0 Å². The Kier molecular flexibility index (Phi) is 2.80. The van der Waals surface area contributed by atoms with Gasteiger partial charge in [-0.05, 0) is 0 Å². The molecule has 0 aliphatic carbocycles. The molecule has 1 rings (SSSR count). The van der Waals surface area contributed by atoms with Crippen LogP contribution >= 0.6 is 0 Å². The maximum absolute atomic E-state index is 9.25. The zero-order chi connectivity index (χ0) is 8.43. The van der Waals surface area contributed by atoms with Gasteiger partial charge in [0.1, 0.15) is 18.3 Å². The molecular formula is C6H12O5. The standard InChI is InChI=1S/C6H12O5/c1-10-5-4(8)3(2-7)11-6(5)9/h3-9H,2H2,1H3/t3-,4?,5?,6+/m1/s1. The first kappa shape index (κ1) is 8.89. The van der Waals surface area contributed by atoms with Gasteiger partial charge < -0.3 is 24.8 Å². The van der Waals surface area contributed by atoms with Crippen LogP contribution in [0.25, 0.3) is 0 Å². The molecule has 1 saturated heterocycles. The molecule has 11 heavy (non-hydrogen) atoms. The maximum atomic E-state index is 9.25. The van der Waals surface area contributed by atoms with E-state index in [9.17, 15) is 5.11 Å². The normalized spacial score (nSPS) is 44.7. The van der Waals surface area contributed by atoms with E-state index in [1.165, 1.54) is 7.11 Å². The molecule has 2 unspecified atom stereocenters. The zero-order valence-corrected chi connectivity index (χ0v) is 6.17. The van der Waals surface area contributed by atoms with E-state index >= 15 is 0 Å². The molecule has 1 heterocycles. The zero-order valence-electron chi connectivity index (χ0n) is 6.17. The summed E-state index contributed by atoms with van der Waals surface area (Å²) in [5, 5.41) is 26.9. The van der Waals surface area contributed by atoms with Gasteiger partial charge in [-0.25, -0.2) is 0 Å². The molecular weight excluding hydrogens is 152 g/mol. The largest absolute Gasteiger partial charge is 0.394 e. The van der Waals surface area contributed by atoms with Crippen LogP contribution < -0.4 is 0 Å². The van der Waals surface area contributed by atoms with Crippen LogP contribution in [0, 0.1) is 0 Å². The molecule has 0 saturated carbocycles. The van der Waals surface area contributed by atoms with Crippen molar-refractivity contribution in [2.24, 2.45) is 0 Å². The van der Waals surface area contributed by atoms with Gasteiger partial charge in [-0.2, -0.15) is 0 Å². The maximum Gasteiger partial charge on any atom is 0.184 e. The van der Waals surface area contributed by atoms with Crippen LogP contribution in [0.15, 0.2) is 0 Å². The molecule has 1 fully saturated rings. The van der Waals surface area contributed by atoms with Crippen LogP contribution in [0.1, 0.15) is 0 Å². The van der Waals surface area contributed by atoms with Crippen molar-refractivity contribution >= 4 is 0 Å². The van der Waals surface area contributed by atoms with E-state index in [1.807, 2.05) is 0 Å². The Bertz CT molecular complexity index is 128. The van der Waals surface area contributed by atoms with Crippen LogP contribution in [-0.2, 0) is 9.47 Å². The van der Waals surface area contributed by atoms with Crippen molar-refractivity contribution in [3.05, 3.63) is 0 Å². The van der Waals surface area contributed by atoms with Gasteiger partial charge in [0.05, 0.1) is 6.61 Å². The molecule has 0 bridgehead atoms. The molecule has 0 aromatic heterocycles. The Labute approximate surface area is 64.2 Å². The Morgan fingerprint density at radius 3 is 2.36 bits per heavy atom. The third-order valence-corrected chi connectivity index (χ3v) is 1.76. The highest BCUT2D eigenvalue weighted by Crippen LogP contribution is 2.21. The van der Waals surface area contributed by atoms with Crippen molar-refractivity contribution in [1.29, 1.82) is 0 Å². The highest BCUT2D eigenvalue weighted by molar-refractivity contribution is 4.86. The summed E-state index contributed by atoms with van der Waals surface area (Å²) in [5.41, 5.74) is 0. The monoisotopic (exact) mass is 164 g/mol. The number of aliphatic hydroxyl groups is 3. The van der Waals surface area contributed by atoms with E-state index in [2.05, 4.69) is 0 Å². The van der Waals surface area contributed by atoms with Crippen molar-refractivity contribution in [1.82, 2.24) is 0 Å². The minimum absolute atomic E-state index is 0.321. The van der Waals surface area contributed by atoms with Crippen LogP contribution in [0.3, 0.4) is 0 Å². The molecule has 0 aromatic rings. The van der Waals surface area contributed by atoms with Crippen molar-refractivity contribution in [2.75, 3.05) is 13.7 Å². The second-order valence-electron chi connectivity index (χ2n) is 2.44. The van der Waals surface area contributed by atoms with Crippen molar-refractivity contribution in [3.8, 4) is 0 Å². The minimum Gasteiger partial charge on any atom is -0.394 e. The number of rotatable bonds is 2. The van der Waals surface area contributed by atoms with E-state index in [0.717, 1.165) is 0 Å². The number of hydrogen-bond acceptors (Lipinski definition) is 5. The summed E-state index contributed by atoms with van der Waals surface area (Å²) in [6.07, 6.45) is -3.60. The fraction of sp³-hybridized carbons (Fsp3) is 1.00. The summed E-state index contributed by atoms with van der Waals surface area (Å²) < 4.78 is 9.49. The fourth-order valence-corrected chi connectivity index (χ4v) is 1.12. The molecule has 3 N–H and O–H groups in total. The number of hydrogen-bond donors (Lipinski definition) is 3. The number of aliphatic hydroxyl groups excluding tert-OH is 3. The molecule has 1 aliphatic heterocycles. The lowest BCUT2D eigenvalue weighted by Crippen LogP contribution is -2.35. The van der Waals surface area contributed by atoms with Gasteiger partial charge in [-0.15, -0.1) is 0 Å². The van der Waals surface area contributed by atoms with Crippen LogP contribution in [-0.4, -0.2) is 53.6 Å². The highest BCUT2D eigenvalue weighted by atomic mass is 16.7. The quantitative estimate of drug-likeness (QED) is 0.443. The summed E-state index contributed by atoms with van der Waals surface area (Å²) in [6.45, 7) is -0.321. The number of methoxy groups -OCH3 is 1. The first-order chi connectivity index (χ1) is 5.20. The van der Waals surface area contributed by atoms with Crippen molar-refractivity contribution in [3.63, 3.8) is 0 Å². The Balaban J connectivity index is 2.55. The molecule has 0 aromatic carbocycles. The van der Waals surface area contributed by atoms with Crippen LogP contribution in [0.4, 0.5) is 0 Å². The van der Waals surface area contributed by atoms with Crippen molar-refractivity contribution in [2.45, 2.75) is 24.6 Å². The first-order valence-corrected chi connectivity index (χ1v) is 3.36. The number of ether oxygens (including phenoxy) is 2. The molecule has 0 radical (unpaired) electrons. The Hall–Kier alpha value is -0.200. The summed E-state index contributed by atoms with van der Waals surface area (Å²) in [4.78, 5) is 0. The van der Waals surface area contributed by atoms with Gasteiger partial charge in [0.25, 0.3) is 0 Å². The van der Waals surface area contributed by atoms with E-state index in [4.69, 9.17) is 19.7 Å². The third-order valence-electron chi connectivity index (χ3n) is 1.76. The predicted octanol–water partition coefficient (Wildman–Crippen LogP) is -1.93. The molecule has 0 spiro atoms. The first-order valence-electron chi connectivity index (χ1n) is 3.36. The molecule has 4 atom stereocenters. The Morgan fingerprint density at radius 2 is 2.09 bits per heavy atom. The van der Waals surface area contributed by atoms with Gasteiger partial charge in [-0.3, -0.25) is 0 Å². The average Bonchev–Trinajstić information content (AvgIpc) is 2.26. The SMILES string of the molecule is COC1C(O)[C@@H](CO)O[C@@H]1O. The highest BCUT2D eigenvalue weighted by Gasteiger charge is 2.42. The molecule has 5 heteroatoms. The molecule has 1 aliphatic rings. The smallest absolute Gasteiger partial charge is 0.184 e. The topological polar surface area (TPSA) is 79.2 Å². The van der Waals surface area contributed by atoms with Gasteiger partial charge in [0.2, 0.25) is 0 Å². The summed E-state index contributed by atoms with van der Waals surface area (Å²) in [5.74, 6) is 0. The van der Waals surface area contributed by atoms with Gasteiger partial charge >= 0.3 is 0 Å². The average molecular weight is 164 g/mol. The van der Waals surface area contributed by atoms with Gasteiger partial charge in [-0.1, -0.05) is 0 Å². The van der Waals surface area contributed by atoms with E-state index < -0.39 is 24.6 Å². The Morgan fingerprint density at radius 1 is 1.45 bits per heavy atom. The fourth-order valence-electron chi connectivity index (χ4n) is 1.12. The lowest BCUT2D eigenvalue weighted by Gasteiger charge is -2.14. The molecule has 0 amide bonds.